The van der Waals surface area contributed by atoms with E-state index in [1.165, 1.54) is 12.3 Å². The fraction of sp³-hybridized carbons (Fsp3) is 0.182. The number of hydrogen-bond acceptors (Lipinski definition) is 5. The number of alkyl halides is 3. The first-order valence-electron chi connectivity index (χ1n) is 9.21. The zero-order valence-electron chi connectivity index (χ0n) is 16.8. The van der Waals surface area contributed by atoms with Gasteiger partial charge in [0.05, 0.1) is 17.7 Å². The van der Waals surface area contributed by atoms with Crippen LogP contribution in [-0.2, 0) is 11.0 Å². The van der Waals surface area contributed by atoms with Crippen molar-refractivity contribution >= 4 is 12.2 Å². The van der Waals surface area contributed by atoms with Crippen molar-refractivity contribution in [3.05, 3.63) is 77.6 Å². The van der Waals surface area contributed by atoms with Gasteiger partial charge in [0.1, 0.15) is 23.5 Å². The van der Waals surface area contributed by atoms with Crippen LogP contribution in [0, 0.1) is 0 Å². The van der Waals surface area contributed by atoms with E-state index in [1.807, 2.05) is 6.92 Å². The second-order valence-corrected chi connectivity index (χ2v) is 6.05. The predicted molar refractivity (Wildman–Crippen MR) is 109 cm³/mol. The highest BCUT2D eigenvalue weighted by molar-refractivity contribution is 5.98. The predicted octanol–water partition coefficient (Wildman–Crippen LogP) is 4.44. The molecule has 2 N–H and O–H groups in total. The second-order valence-electron chi connectivity index (χ2n) is 6.05. The Morgan fingerprint density at radius 2 is 1.77 bits per heavy atom. The van der Waals surface area contributed by atoms with Crippen molar-refractivity contribution in [2.75, 3.05) is 13.7 Å². The standard InChI is InChI=1S/C22H21F3N2O4/c1-3-30-17-5-7-18(8-6-17)31-20-9-4-15(22(23,24)25)14-19(20)21(29)27-16(11-13-28)10-12-26-2/h4-14,26H,3H2,1-2H3,(H,27,29)/b12-10-,16-11+. The fourth-order valence-corrected chi connectivity index (χ4v) is 2.45. The quantitative estimate of drug-likeness (QED) is 0.347. The lowest BCUT2D eigenvalue weighted by atomic mass is 10.1. The number of halogens is 3. The van der Waals surface area contributed by atoms with Crippen molar-refractivity contribution < 1.29 is 32.2 Å². The molecule has 9 heteroatoms. The molecule has 0 heterocycles. The SMILES string of the molecule is CCOc1ccc(Oc2ccc(C(F)(F)F)cc2C(=O)NC(/C=C\NC)=C/C=O)cc1. The summed E-state index contributed by atoms with van der Waals surface area (Å²) in [5.41, 5.74) is -1.28. The van der Waals surface area contributed by atoms with Crippen LogP contribution in [-0.4, -0.2) is 25.8 Å². The maximum atomic E-state index is 13.2. The first-order chi connectivity index (χ1) is 14.8. The van der Waals surface area contributed by atoms with Gasteiger partial charge in [-0.15, -0.1) is 0 Å². The minimum atomic E-state index is -4.65. The maximum Gasteiger partial charge on any atom is 0.416 e. The third kappa shape index (κ3) is 6.91. The van der Waals surface area contributed by atoms with Crippen LogP contribution in [0.5, 0.6) is 17.2 Å². The Morgan fingerprint density at radius 1 is 1.10 bits per heavy atom. The Hall–Kier alpha value is -3.75. The molecule has 31 heavy (non-hydrogen) atoms. The van der Waals surface area contributed by atoms with E-state index in [9.17, 15) is 22.8 Å². The zero-order chi connectivity index (χ0) is 22.9. The van der Waals surface area contributed by atoms with Gasteiger partial charge in [-0.2, -0.15) is 13.2 Å². The average Bonchev–Trinajstić information content (AvgIpc) is 2.73. The largest absolute Gasteiger partial charge is 0.494 e. The van der Waals surface area contributed by atoms with Gasteiger partial charge in [0.2, 0.25) is 0 Å². The van der Waals surface area contributed by atoms with Crippen molar-refractivity contribution in [3.8, 4) is 17.2 Å². The smallest absolute Gasteiger partial charge is 0.416 e. The molecule has 0 bridgehead atoms. The van der Waals surface area contributed by atoms with Crippen molar-refractivity contribution in [1.82, 2.24) is 10.6 Å². The molecule has 0 aliphatic rings. The van der Waals surface area contributed by atoms with Gasteiger partial charge in [-0.05, 0) is 61.7 Å². The summed E-state index contributed by atoms with van der Waals surface area (Å²) in [6.07, 6.45) is -0.322. The van der Waals surface area contributed by atoms with Crippen LogP contribution in [0.3, 0.4) is 0 Å². The number of hydrogen-bond donors (Lipinski definition) is 2. The minimum absolute atomic E-state index is 0.0822. The summed E-state index contributed by atoms with van der Waals surface area (Å²) in [5, 5.41) is 5.08. The van der Waals surface area contributed by atoms with E-state index < -0.39 is 17.6 Å². The molecule has 6 nitrogen and oxygen atoms in total. The molecule has 1 amide bonds. The van der Waals surface area contributed by atoms with Crippen LogP contribution >= 0.6 is 0 Å². The Kier molecular flexibility index (Phi) is 8.25. The number of carbonyl (C=O) groups is 2. The highest BCUT2D eigenvalue weighted by Gasteiger charge is 2.32. The number of aldehydes is 1. The first-order valence-corrected chi connectivity index (χ1v) is 9.21. The number of allylic oxidation sites excluding steroid dienone is 2. The molecule has 2 aromatic rings. The molecule has 0 atom stereocenters. The van der Waals surface area contributed by atoms with Gasteiger partial charge in [0.15, 0.2) is 0 Å². The van der Waals surface area contributed by atoms with E-state index in [2.05, 4.69) is 10.6 Å². The topological polar surface area (TPSA) is 76.7 Å². The second kappa shape index (κ2) is 10.9. The molecule has 2 rings (SSSR count). The van der Waals surface area contributed by atoms with Gasteiger partial charge in [-0.25, -0.2) is 0 Å². The monoisotopic (exact) mass is 434 g/mol. The van der Waals surface area contributed by atoms with E-state index in [1.54, 1.807) is 31.3 Å². The molecular formula is C22H21F3N2O4. The van der Waals surface area contributed by atoms with E-state index >= 15 is 0 Å². The van der Waals surface area contributed by atoms with Gasteiger partial charge in [-0.1, -0.05) is 0 Å². The average molecular weight is 434 g/mol. The third-order valence-electron chi connectivity index (χ3n) is 3.85. The summed E-state index contributed by atoms with van der Waals surface area (Å²) in [5.74, 6) is -0.0604. The van der Waals surface area contributed by atoms with Crippen molar-refractivity contribution in [2.24, 2.45) is 0 Å². The van der Waals surface area contributed by atoms with E-state index in [0.29, 0.717) is 30.5 Å². The van der Waals surface area contributed by atoms with E-state index in [0.717, 1.165) is 18.2 Å². The minimum Gasteiger partial charge on any atom is -0.494 e. The lowest BCUT2D eigenvalue weighted by molar-refractivity contribution is -0.137. The van der Waals surface area contributed by atoms with Gasteiger partial charge < -0.3 is 20.1 Å². The normalized spacial score (nSPS) is 11.8. The molecular weight excluding hydrogens is 413 g/mol. The number of benzene rings is 2. The third-order valence-corrected chi connectivity index (χ3v) is 3.85. The molecule has 0 aliphatic heterocycles. The summed E-state index contributed by atoms with van der Waals surface area (Å²) < 4.78 is 50.6. The van der Waals surface area contributed by atoms with Crippen LogP contribution in [0.4, 0.5) is 13.2 Å². The lowest BCUT2D eigenvalue weighted by Gasteiger charge is -2.15. The summed E-state index contributed by atoms with van der Waals surface area (Å²) in [6, 6.07) is 8.99. The molecule has 0 aromatic heterocycles. The highest BCUT2D eigenvalue weighted by atomic mass is 19.4. The van der Waals surface area contributed by atoms with Gasteiger partial charge in [0, 0.05) is 18.8 Å². The van der Waals surface area contributed by atoms with Crippen molar-refractivity contribution in [2.45, 2.75) is 13.1 Å². The van der Waals surface area contributed by atoms with E-state index in [-0.39, 0.29) is 17.0 Å². The lowest BCUT2D eigenvalue weighted by Crippen LogP contribution is -2.23. The summed E-state index contributed by atoms with van der Waals surface area (Å²) >= 11 is 0. The Balaban J connectivity index is 2.39. The number of ether oxygens (including phenoxy) is 2. The highest BCUT2D eigenvalue weighted by Crippen LogP contribution is 2.34. The van der Waals surface area contributed by atoms with Crippen molar-refractivity contribution in [3.63, 3.8) is 0 Å². The van der Waals surface area contributed by atoms with Crippen LogP contribution in [0.2, 0.25) is 0 Å². The fourth-order valence-electron chi connectivity index (χ4n) is 2.45. The van der Waals surface area contributed by atoms with Crippen molar-refractivity contribution in [1.29, 1.82) is 0 Å². The van der Waals surface area contributed by atoms with Crippen LogP contribution in [0.15, 0.2) is 66.5 Å². The molecule has 0 radical (unpaired) electrons. The molecule has 0 saturated heterocycles. The molecule has 0 saturated carbocycles. The van der Waals surface area contributed by atoms with Crippen LogP contribution in [0.1, 0.15) is 22.8 Å². The molecule has 0 fully saturated rings. The van der Waals surface area contributed by atoms with Crippen LogP contribution < -0.4 is 20.1 Å². The summed E-state index contributed by atoms with van der Waals surface area (Å²) in [4.78, 5) is 23.5. The van der Waals surface area contributed by atoms with Crippen LogP contribution in [0.25, 0.3) is 0 Å². The van der Waals surface area contributed by atoms with Gasteiger partial charge in [0.25, 0.3) is 5.91 Å². The number of rotatable bonds is 9. The first kappa shape index (κ1) is 23.5. The Bertz CT molecular complexity index is 968. The summed E-state index contributed by atoms with van der Waals surface area (Å²) in [6.45, 7) is 2.30. The number of amides is 1. The molecule has 2 aromatic carbocycles. The number of nitrogens with one attached hydrogen (secondary N) is 2. The van der Waals surface area contributed by atoms with Gasteiger partial charge in [-0.3, -0.25) is 9.59 Å². The Labute approximate surface area is 177 Å². The molecule has 164 valence electrons. The zero-order valence-corrected chi connectivity index (χ0v) is 16.8. The molecule has 0 aliphatic carbocycles. The van der Waals surface area contributed by atoms with Gasteiger partial charge >= 0.3 is 6.18 Å². The molecule has 0 unspecified atom stereocenters. The maximum absolute atomic E-state index is 13.2. The molecule has 0 spiro atoms. The number of carbonyl (C=O) groups excluding carboxylic acids is 2. The van der Waals surface area contributed by atoms with E-state index in [4.69, 9.17) is 9.47 Å². The summed E-state index contributed by atoms with van der Waals surface area (Å²) in [7, 11) is 1.60. The Morgan fingerprint density at radius 3 is 2.35 bits per heavy atom.